The fourth-order valence-electron chi connectivity index (χ4n) is 2.81. The van der Waals surface area contributed by atoms with Crippen molar-refractivity contribution >= 4 is 0 Å². The number of morpholine rings is 1. The lowest BCUT2D eigenvalue weighted by Gasteiger charge is -2.45. The van der Waals surface area contributed by atoms with Crippen LogP contribution in [-0.4, -0.2) is 36.7 Å². The van der Waals surface area contributed by atoms with Crippen molar-refractivity contribution < 1.29 is 4.74 Å². The van der Waals surface area contributed by atoms with Crippen molar-refractivity contribution in [3.63, 3.8) is 0 Å². The van der Waals surface area contributed by atoms with Crippen molar-refractivity contribution in [3.05, 3.63) is 34.9 Å². The zero-order chi connectivity index (χ0) is 14.0. The summed E-state index contributed by atoms with van der Waals surface area (Å²) in [6, 6.07) is 6.56. The molecule has 1 saturated heterocycles. The van der Waals surface area contributed by atoms with Gasteiger partial charge in [0.1, 0.15) is 0 Å². The highest BCUT2D eigenvalue weighted by Crippen LogP contribution is 2.31. The number of aryl methyl sites for hydroxylation is 2. The van der Waals surface area contributed by atoms with Crippen molar-refractivity contribution in [2.75, 3.05) is 26.3 Å². The van der Waals surface area contributed by atoms with E-state index in [4.69, 9.17) is 10.5 Å². The summed E-state index contributed by atoms with van der Waals surface area (Å²) >= 11 is 0. The second-order valence-electron chi connectivity index (χ2n) is 6.09. The van der Waals surface area contributed by atoms with Gasteiger partial charge in [-0.1, -0.05) is 23.8 Å². The molecule has 1 aliphatic heterocycles. The van der Waals surface area contributed by atoms with Crippen LogP contribution < -0.4 is 5.73 Å². The number of nitrogens with two attached hydrogens (primary N) is 1. The van der Waals surface area contributed by atoms with Crippen molar-refractivity contribution in [2.45, 2.75) is 39.3 Å². The van der Waals surface area contributed by atoms with Gasteiger partial charge in [-0.05, 0) is 38.8 Å². The Morgan fingerprint density at radius 1 is 1.21 bits per heavy atom. The summed E-state index contributed by atoms with van der Waals surface area (Å²) in [5.41, 5.74) is 10.3. The first-order chi connectivity index (χ1) is 8.93. The third-order valence-corrected chi connectivity index (χ3v) is 4.36. The minimum Gasteiger partial charge on any atom is -0.379 e. The highest BCUT2D eigenvalue weighted by atomic mass is 16.5. The fraction of sp³-hybridized carbons (Fsp3) is 0.625. The first-order valence-electron chi connectivity index (χ1n) is 7.08. The quantitative estimate of drug-likeness (QED) is 0.909. The number of hydrogen-bond acceptors (Lipinski definition) is 3. The van der Waals surface area contributed by atoms with Gasteiger partial charge >= 0.3 is 0 Å². The standard InChI is InChI=1S/C16H26N2O/c1-12-5-6-13(2)14(11-12)15(17)16(3,4)18-7-9-19-10-8-18/h5-6,11,15H,7-10,17H2,1-4H3. The molecule has 1 fully saturated rings. The second-order valence-corrected chi connectivity index (χ2v) is 6.09. The van der Waals surface area contributed by atoms with Gasteiger partial charge in [-0.3, -0.25) is 4.90 Å². The maximum atomic E-state index is 6.59. The molecule has 2 rings (SSSR count). The maximum Gasteiger partial charge on any atom is 0.0594 e. The van der Waals surface area contributed by atoms with Crippen molar-refractivity contribution in [1.29, 1.82) is 0 Å². The summed E-state index contributed by atoms with van der Waals surface area (Å²) in [5.74, 6) is 0. The van der Waals surface area contributed by atoms with E-state index in [1.165, 1.54) is 16.7 Å². The van der Waals surface area contributed by atoms with Gasteiger partial charge in [-0.2, -0.15) is 0 Å². The largest absolute Gasteiger partial charge is 0.379 e. The van der Waals surface area contributed by atoms with Crippen LogP contribution in [0.2, 0.25) is 0 Å². The molecule has 1 atom stereocenters. The van der Waals surface area contributed by atoms with Gasteiger partial charge in [0.05, 0.1) is 13.2 Å². The summed E-state index contributed by atoms with van der Waals surface area (Å²) in [6.07, 6.45) is 0. The molecule has 1 aromatic carbocycles. The fourth-order valence-corrected chi connectivity index (χ4v) is 2.81. The molecule has 3 nitrogen and oxygen atoms in total. The molecule has 2 N–H and O–H groups in total. The van der Waals surface area contributed by atoms with E-state index in [1.54, 1.807) is 0 Å². The summed E-state index contributed by atoms with van der Waals surface area (Å²) in [4.78, 5) is 2.45. The van der Waals surface area contributed by atoms with Gasteiger partial charge in [0.2, 0.25) is 0 Å². The van der Waals surface area contributed by atoms with Crippen molar-refractivity contribution in [2.24, 2.45) is 5.73 Å². The van der Waals surface area contributed by atoms with Crippen LogP contribution >= 0.6 is 0 Å². The zero-order valence-electron chi connectivity index (χ0n) is 12.6. The average molecular weight is 262 g/mol. The molecular weight excluding hydrogens is 236 g/mol. The van der Waals surface area contributed by atoms with Gasteiger partial charge in [0.25, 0.3) is 0 Å². The lowest BCUT2D eigenvalue weighted by Crippen LogP contribution is -2.55. The third-order valence-electron chi connectivity index (χ3n) is 4.36. The number of ether oxygens (including phenoxy) is 1. The highest BCUT2D eigenvalue weighted by molar-refractivity contribution is 5.34. The van der Waals surface area contributed by atoms with Crippen LogP contribution in [0.5, 0.6) is 0 Å². The Kier molecular flexibility index (Phi) is 4.29. The molecule has 0 bridgehead atoms. The monoisotopic (exact) mass is 262 g/mol. The number of benzene rings is 1. The minimum atomic E-state index is -0.0532. The molecule has 1 aromatic rings. The molecule has 1 unspecified atom stereocenters. The van der Waals surface area contributed by atoms with Crippen molar-refractivity contribution in [1.82, 2.24) is 4.90 Å². The topological polar surface area (TPSA) is 38.5 Å². The Labute approximate surface area is 116 Å². The molecule has 0 amide bonds. The molecule has 0 aromatic heterocycles. The molecular formula is C16H26N2O. The molecule has 0 spiro atoms. The van der Waals surface area contributed by atoms with E-state index in [0.29, 0.717) is 0 Å². The van der Waals surface area contributed by atoms with Gasteiger partial charge in [0, 0.05) is 24.7 Å². The maximum absolute atomic E-state index is 6.59. The second kappa shape index (κ2) is 5.61. The van der Waals surface area contributed by atoms with E-state index in [2.05, 4.69) is 50.8 Å². The highest BCUT2D eigenvalue weighted by Gasteiger charge is 2.35. The zero-order valence-corrected chi connectivity index (χ0v) is 12.6. The number of nitrogens with zero attached hydrogens (tertiary/aromatic N) is 1. The van der Waals surface area contributed by atoms with Crippen molar-refractivity contribution in [3.8, 4) is 0 Å². The summed E-state index contributed by atoms with van der Waals surface area (Å²) in [5, 5.41) is 0. The summed E-state index contributed by atoms with van der Waals surface area (Å²) < 4.78 is 5.44. The van der Waals surface area contributed by atoms with Gasteiger partial charge in [-0.15, -0.1) is 0 Å². The molecule has 1 heterocycles. The Hall–Kier alpha value is -0.900. The van der Waals surface area contributed by atoms with Crippen LogP contribution in [0.3, 0.4) is 0 Å². The Morgan fingerprint density at radius 3 is 2.47 bits per heavy atom. The van der Waals surface area contributed by atoms with Gasteiger partial charge < -0.3 is 10.5 Å². The normalized spacial score (nSPS) is 19.4. The predicted molar refractivity (Wildman–Crippen MR) is 79.3 cm³/mol. The molecule has 3 heteroatoms. The molecule has 1 aliphatic rings. The third kappa shape index (κ3) is 2.99. The SMILES string of the molecule is Cc1ccc(C)c(C(N)C(C)(C)N2CCOCC2)c1. The summed E-state index contributed by atoms with van der Waals surface area (Å²) in [7, 11) is 0. The smallest absolute Gasteiger partial charge is 0.0594 e. The summed E-state index contributed by atoms with van der Waals surface area (Å²) in [6.45, 7) is 12.3. The number of hydrogen-bond donors (Lipinski definition) is 1. The van der Waals surface area contributed by atoms with E-state index < -0.39 is 0 Å². The van der Waals surface area contributed by atoms with E-state index in [1.807, 2.05) is 0 Å². The van der Waals surface area contributed by atoms with Crippen LogP contribution in [-0.2, 0) is 4.74 Å². The van der Waals surface area contributed by atoms with E-state index in [0.717, 1.165) is 26.3 Å². The molecule has 106 valence electrons. The first kappa shape index (κ1) is 14.5. The molecule has 0 aliphatic carbocycles. The lowest BCUT2D eigenvalue weighted by molar-refractivity contribution is -0.0191. The van der Waals surface area contributed by atoms with Gasteiger partial charge in [0.15, 0.2) is 0 Å². The van der Waals surface area contributed by atoms with Gasteiger partial charge in [-0.25, -0.2) is 0 Å². The van der Waals surface area contributed by atoms with E-state index in [-0.39, 0.29) is 11.6 Å². The Balaban J connectivity index is 2.25. The Morgan fingerprint density at radius 2 is 1.84 bits per heavy atom. The molecule has 0 saturated carbocycles. The van der Waals surface area contributed by atoms with Crippen LogP contribution in [0, 0.1) is 13.8 Å². The predicted octanol–water partition coefficient (Wildman–Crippen LogP) is 2.41. The van der Waals surface area contributed by atoms with Crippen LogP contribution in [0.15, 0.2) is 18.2 Å². The van der Waals surface area contributed by atoms with E-state index in [9.17, 15) is 0 Å². The minimum absolute atomic E-state index is 0.0190. The van der Waals surface area contributed by atoms with E-state index >= 15 is 0 Å². The number of rotatable bonds is 3. The molecule has 0 radical (unpaired) electrons. The first-order valence-corrected chi connectivity index (χ1v) is 7.08. The average Bonchev–Trinajstić information content (AvgIpc) is 2.41. The molecule has 19 heavy (non-hydrogen) atoms. The van der Waals surface area contributed by atoms with Crippen LogP contribution in [0.4, 0.5) is 0 Å². The van der Waals surface area contributed by atoms with Crippen LogP contribution in [0.25, 0.3) is 0 Å². The van der Waals surface area contributed by atoms with Crippen LogP contribution in [0.1, 0.15) is 36.6 Å². The Bertz CT molecular complexity index is 436. The lowest BCUT2D eigenvalue weighted by atomic mass is 9.84.